The summed E-state index contributed by atoms with van der Waals surface area (Å²) in [6.45, 7) is 4.51. The number of carbonyl (C=O) groups is 2. The molecule has 1 atom stereocenters. The smallest absolute Gasteiger partial charge is 0.253 e. The first-order valence-corrected chi connectivity index (χ1v) is 10.9. The van der Waals surface area contributed by atoms with Gasteiger partial charge in [0.25, 0.3) is 5.91 Å². The third-order valence-corrected chi connectivity index (χ3v) is 5.81. The Balaban J connectivity index is 1.27. The van der Waals surface area contributed by atoms with Crippen LogP contribution in [-0.4, -0.2) is 60.6 Å². The number of aromatic amines is 1. The number of nitriles is 1. The lowest BCUT2D eigenvalue weighted by Gasteiger charge is -2.17. The summed E-state index contributed by atoms with van der Waals surface area (Å²) in [6.07, 6.45) is 5.29. The van der Waals surface area contributed by atoms with Crippen LogP contribution < -0.4 is 10.6 Å². The number of hydrogen-bond donors (Lipinski definition) is 3. The Morgan fingerprint density at radius 3 is 2.77 bits per heavy atom. The monoisotopic (exact) mass is 467 g/mol. The number of anilines is 2. The topological polar surface area (TPSA) is 144 Å². The molecule has 2 amide bonds. The minimum atomic E-state index is -0.308. The maximum atomic E-state index is 12.9. The number of H-pyrrole nitrogens is 1. The minimum Gasteiger partial charge on any atom is -0.348 e. The summed E-state index contributed by atoms with van der Waals surface area (Å²) in [5, 5.41) is 26.9. The van der Waals surface area contributed by atoms with Crippen molar-refractivity contribution in [2.45, 2.75) is 12.5 Å². The number of amides is 2. The third kappa shape index (κ3) is 4.32. The number of fused-ring (bicyclic) bond motifs is 1. The van der Waals surface area contributed by atoms with Gasteiger partial charge in [0.1, 0.15) is 6.07 Å². The van der Waals surface area contributed by atoms with Gasteiger partial charge in [0.05, 0.1) is 6.20 Å². The predicted molar refractivity (Wildman–Crippen MR) is 128 cm³/mol. The summed E-state index contributed by atoms with van der Waals surface area (Å²) in [6, 6.07) is 12.5. The third-order valence-electron chi connectivity index (χ3n) is 5.81. The van der Waals surface area contributed by atoms with Crippen LogP contribution in [0, 0.1) is 11.3 Å². The highest BCUT2D eigenvalue weighted by atomic mass is 16.2. The number of carbonyl (C=O) groups excluding carboxylic acids is 2. The first kappa shape index (κ1) is 21.8. The van der Waals surface area contributed by atoms with E-state index in [-0.39, 0.29) is 17.9 Å². The first-order valence-electron chi connectivity index (χ1n) is 10.9. The number of pyridine rings is 1. The van der Waals surface area contributed by atoms with Crippen molar-refractivity contribution in [1.29, 1.82) is 5.26 Å². The van der Waals surface area contributed by atoms with Crippen LogP contribution in [0.25, 0.3) is 16.8 Å². The molecule has 3 aromatic heterocycles. The van der Waals surface area contributed by atoms with Crippen molar-refractivity contribution >= 4 is 29.1 Å². The molecular weight excluding hydrogens is 446 g/mol. The molecule has 0 spiro atoms. The van der Waals surface area contributed by atoms with Crippen molar-refractivity contribution in [1.82, 2.24) is 29.7 Å². The summed E-state index contributed by atoms with van der Waals surface area (Å²) in [7, 11) is 0. The second kappa shape index (κ2) is 9.11. The number of likely N-dealkylation sites (tertiary alicyclic amines) is 1. The van der Waals surface area contributed by atoms with Gasteiger partial charge in [-0.05, 0) is 48.9 Å². The summed E-state index contributed by atoms with van der Waals surface area (Å²) in [5.74, 6) is 0.000479. The molecule has 0 saturated carbocycles. The molecule has 174 valence electrons. The number of aromatic nitrogens is 5. The van der Waals surface area contributed by atoms with E-state index >= 15 is 0 Å². The van der Waals surface area contributed by atoms with Crippen LogP contribution in [0.5, 0.6) is 0 Å². The Hall–Kier alpha value is -4.98. The zero-order valence-corrected chi connectivity index (χ0v) is 18.6. The van der Waals surface area contributed by atoms with Gasteiger partial charge in [0.2, 0.25) is 11.9 Å². The Morgan fingerprint density at radius 2 is 2.06 bits per heavy atom. The highest BCUT2D eigenvalue weighted by molar-refractivity contribution is 5.99. The van der Waals surface area contributed by atoms with Gasteiger partial charge in [-0.3, -0.25) is 14.7 Å². The molecule has 4 aromatic rings. The first-order chi connectivity index (χ1) is 17.1. The molecule has 5 rings (SSSR count). The average Bonchev–Trinajstić information content (AvgIpc) is 3.64. The van der Waals surface area contributed by atoms with Crippen LogP contribution in [0.4, 0.5) is 11.6 Å². The lowest BCUT2D eigenvalue weighted by molar-refractivity contribution is -0.111. The molecule has 0 radical (unpaired) electrons. The van der Waals surface area contributed by atoms with Gasteiger partial charge in [0.15, 0.2) is 11.3 Å². The van der Waals surface area contributed by atoms with E-state index in [9.17, 15) is 14.9 Å². The van der Waals surface area contributed by atoms with E-state index in [1.165, 1.54) is 10.6 Å². The summed E-state index contributed by atoms with van der Waals surface area (Å²) in [4.78, 5) is 30.6. The number of benzene rings is 1. The molecule has 0 aliphatic carbocycles. The van der Waals surface area contributed by atoms with Crippen LogP contribution in [-0.2, 0) is 4.79 Å². The van der Waals surface area contributed by atoms with E-state index in [2.05, 4.69) is 43.6 Å². The van der Waals surface area contributed by atoms with E-state index < -0.39 is 0 Å². The number of hydrogen-bond acceptors (Lipinski definition) is 7. The summed E-state index contributed by atoms with van der Waals surface area (Å²) in [5.41, 5.74) is 3.54. The Morgan fingerprint density at radius 1 is 1.23 bits per heavy atom. The number of nitrogens with one attached hydrogen (secondary N) is 3. The Labute approximate surface area is 200 Å². The van der Waals surface area contributed by atoms with Gasteiger partial charge >= 0.3 is 0 Å². The van der Waals surface area contributed by atoms with Crippen LogP contribution in [0.15, 0.2) is 61.4 Å². The fraction of sp³-hybridized carbons (Fsp3) is 0.167. The normalized spacial score (nSPS) is 15.1. The molecule has 1 saturated heterocycles. The van der Waals surface area contributed by atoms with Crippen molar-refractivity contribution in [3.8, 4) is 17.2 Å². The van der Waals surface area contributed by atoms with Crippen LogP contribution in [0.3, 0.4) is 0 Å². The van der Waals surface area contributed by atoms with Gasteiger partial charge in [-0.2, -0.15) is 15.3 Å². The second-order valence-corrected chi connectivity index (χ2v) is 8.05. The van der Waals surface area contributed by atoms with E-state index in [4.69, 9.17) is 0 Å². The zero-order valence-electron chi connectivity index (χ0n) is 18.6. The molecule has 11 nitrogen and oxygen atoms in total. The molecule has 1 aliphatic rings. The molecule has 0 bridgehead atoms. The van der Waals surface area contributed by atoms with E-state index in [1.807, 2.05) is 6.07 Å². The molecule has 35 heavy (non-hydrogen) atoms. The lowest BCUT2D eigenvalue weighted by atomic mass is 10.1. The molecule has 1 aliphatic heterocycles. The summed E-state index contributed by atoms with van der Waals surface area (Å²) >= 11 is 0. The fourth-order valence-corrected chi connectivity index (χ4v) is 4.06. The number of rotatable bonds is 6. The van der Waals surface area contributed by atoms with Gasteiger partial charge in [-0.15, -0.1) is 5.10 Å². The SMILES string of the molecule is C=CC(=O)Nc1ccc(C(=O)N2CC[C@@H](Nc3nc4ccc(-c5cn[nH]c5)c(C#N)n4n3)C2)cc1. The van der Waals surface area contributed by atoms with Gasteiger partial charge < -0.3 is 15.5 Å². The van der Waals surface area contributed by atoms with E-state index in [1.54, 1.807) is 47.6 Å². The molecular formula is C24H21N9O2. The highest BCUT2D eigenvalue weighted by Crippen LogP contribution is 2.24. The molecule has 11 heteroatoms. The van der Waals surface area contributed by atoms with Crippen molar-refractivity contribution in [2.24, 2.45) is 0 Å². The van der Waals surface area contributed by atoms with Crippen molar-refractivity contribution < 1.29 is 9.59 Å². The van der Waals surface area contributed by atoms with Crippen LogP contribution >= 0.6 is 0 Å². The van der Waals surface area contributed by atoms with Crippen molar-refractivity contribution in [3.05, 3.63) is 72.7 Å². The number of nitrogens with zero attached hydrogens (tertiary/aromatic N) is 6. The summed E-state index contributed by atoms with van der Waals surface area (Å²) < 4.78 is 1.51. The zero-order chi connectivity index (χ0) is 24.4. The maximum Gasteiger partial charge on any atom is 0.253 e. The largest absolute Gasteiger partial charge is 0.348 e. The van der Waals surface area contributed by atoms with Crippen LogP contribution in [0.1, 0.15) is 22.5 Å². The standard InChI is InChI=1S/C24H21N9O2/c1-2-22(34)28-17-5-3-15(4-6-17)23(35)32-10-9-18(14-32)29-24-30-21-8-7-19(16-12-26-27-13-16)20(11-25)33(21)31-24/h2-8,12-13,18H,1,9-10,14H2,(H,26,27)(H,28,34)(H,29,31)/t18-/m1/s1. The maximum absolute atomic E-state index is 12.9. The highest BCUT2D eigenvalue weighted by Gasteiger charge is 2.28. The molecule has 1 fully saturated rings. The molecule has 1 aromatic carbocycles. The van der Waals surface area contributed by atoms with Gasteiger partial charge in [-0.1, -0.05) is 6.58 Å². The van der Waals surface area contributed by atoms with Crippen molar-refractivity contribution in [2.75, 3.05) is 23.7 Å². The molecule has 4 heterocycles. The lowest BCUT2D eigenvalue weighted by Crippen LogP contribution is -2.31. The quantitative estimate of drug-likeness (QED) is 0.369. The van der Waals surface area contributed by atoms with Crippen LogP contribution in [0.2, 0.25) is 0 Å². The Bertz CT molecular complexity index is 1450. The van der Waals surface area contributed by atoms with Crippen molar-refractivity contribution in [3.63, 3.8) is 0 Å². The van der Waals surface area contributed by atoms with E-state index in [0.717, 1.165) is 12.0 Å². The van der Waals surface area contributed by atoms with Gasteiger partial charge in [-0.25, -0.2) is 4.52 Å². The van der Waals surface area contributed by atoms with E-state index in [0.29, 0.717) is 47.2 Å². The van der Waals surface area contributed by atoms with Gasteiger partial charge in [0, 0.05) is 47.7 Å². The predicted octanol–water partition coefficient (Wildman–Crippen LogP) is 2.44. The molecule has 0 unspecified atom stereocenters. The second-order valence-electron chi connectivity index (χ2n) is 8.05. The Kier molecular flexibility index (Phi) is 5.68. The average molecular weight is 467 g/mol. The molecule has 3 N–H and O–H groups in total. The minimum absolute atomic E-state index is 0.0265. The fourth-order valence-electron chi connectivity index (χ4n) is 4.06.